The zero-order valence-electron chi connectivity index (χ0n) is 18.4. The number of nitrogens with zero attached hydrogens (tertiary/aromatic N) is 3. The van der Waals surface area contributed by atoms with Gasteiger partial charge in [0.1, 0.15) is 0 Å². The van der Waals surface area contributed by atoms with Crippen LogP contribution in [0.1, 0.15) is 52.9 Å². The van der Waals surface area contributed by atoms with Crippen molar-refractivity contribution < 1.29 is 8.42 Å². The van der Waals surface area contributed by atoms with E-state index in [1.54, 1.807) is 21.0 Å². The van der Waals surface area contributed by atoms with Crippen LogP contribution in [0.3, 0.4) is 0 Å². The Bertz CT molecular complexity index is 534. The molecule has 0 aliphatic carbocycles. The summed E-state index contributed by atoms with van der Waals surface area (Å²) in [6.45, 7) is 10.7. The number of aliphatic imine (C=N–C) groups is 1. The van der Waals surface area contributed by atoms with Crippen molar-refractivity contribution in [3.8, 4) is 0 Å². The molecule has 28 heavy (non-hydrogen) atoms. The third-order valence-corrected chi connectivity index (χ3v) is 7.23. The van der Waals surface area contributed by atoms with E-state index in [0.717, 1.165) is 18.9 Å². The van der Waals surface area contributed by atoms with Crippen LogP contribution in [0.15, 0.2) is 4.99 Å². The number of halogens is 1. The standard InChI is InChI=1S/C19H41N5O2S.HI/c1-6-27(25,26)23(5)13-11-12-21-19(20-4)22-16-18(17(2)3)24-14-9-7-8-10-15-24;/h17-18H,6-16H2,1-5H3,(H2,20,21,22);1H. The van der Waals surface area contributed by atoms with Gasteiger partial charge in [-0.3, -0.25) is 9.89 Å². The van der Waals surface area contributed by atoms with Crippen molar-refractivity contribution in [3.63, 3.8) is 0 Å². The quantitative estimate of drug-likeness (QED) is 0.196. The Kier molecular flexibility index (Phi) is 14.7. The Morgan fingerprint density at radius 3 is 2.25 bits per heavy atom. The highest BCUT2D eigenvalue weighted by molar-refractivity contribution is 14.0. The SMILES string of the molecule is CCS(=O)(=O)N(C)CCCNC(=NC)NCC(C(C)C)N1CCCCCC1.I. The average Bonchev–Trinajstić information content (AvgIpc) is 2.92. The lowest BCUT2D eigenvalue weighted by molar-refractivity contribution is 0.161. The van der Waals surface area contributed by atoms with E-state index in [1.165, 1.54) is 43.1 Å². The summed E-state index contributed by atoms with van der Waals surface area (Å²) in [4.78, 5) is 6.94. The van der Waals surface area contributed by atoms with Gasteiger partial charge in [0, 0.05) is 39.8 Å². The zero-order valence-corrected chi connectivity index (χ0v) is 21.6. The van der Waals surface area contributed by atoms with Gasteiger partial charge < -0.3 is 10.6 Å². The topological polar surface area (TPSA) is 77.0 Å². The van der Waals surface area contributed by atoms with Crippen molar-refractivity contribution >= 4 is 40.0 Å². The summed E-state index contributed by atoms with van der Waals surface area (Å²) in [7, 11) is 0.320. The second kappa shape index (κ2) is 14.8. The van der Waals surface area contributed by atoms with Crippen LogP contribution in [0.5, 0.6) is 0 Å². The van der Waals surface area contributed by atoms with Crippen molar-refractivity contribution in [1.82, 2.24) is 19.8 Å². The van der Waals surface area contributed by atoms with Gasteiger partial charge >= 0.3 is 0 Å². The van der Waals surface area contributed by atoms with Crippen LogP contribution >= 0.6 is 24.0 Å². The number of rotatable bonds is 10. The van der Waals surface area contributed by atoms with Crippen LogP contribution in [0.2, 0.25) is 0 Å². The van der Waals surface area contributed by atoms with Crippen molar-refractivity contribution in [3.05, 3.63) is 0 Å². The summed E-state index contributed by atoms with van der Waals surface area (Å²) in [5.41, 5.74) is 0. The van der Waals surface area contributed by atoms with Crippen molar-refractivity contribution in [2.24, 2.45) is 10.9 Å². The van der Waals surface area contributed by atoms with Gasteiger partial charge in [-0.05, 0) is 45.2 Å². The Labute approximate surface area is 190 Å². The summed E-state index contributed by atoms with van der Waals surface area (Å²) in [6.07, 6.45) is 6.03. The van der Waals surface area contributed by atoms with Crippen LogP contribution in [0, 0.1) is 5.92 Å². The Morgan fingerprint density at radius 2 is 1.75 bits per heavy atom. The molecule has 0 amide bonds. The van der Waals surface area contributed by atoms with E-state index in [2.05, 4.69) is 34.4 Å². The van der Waals surface area contributed by atoms with E-state index in [4.69, 9.17) is 0 Å². The second-order valence-electron chi connectivity index (χ2n) is 7.72. The Hall–Kier alpha value is -0.130. The Balaban J connectivity index is 0.00000729. The molecule has 0 saturated carbocycles. The lowest BCUT2D eigenvalue weighted by atomic mass is 10.0. The van der Waals surface area contributed by atoms with E-state index < -0.39 is 10.0 Å². The lowest BCUT2D eigenvalue weighted by Gasteiger charge is -2.34. The first-order valence-corrected chi connectivity index (χ1v) is 12.0. The molecule has 1 aliphatic rings. The number of nitrogens with one attached hydrogen (secondary N) is 2. The summed E-state index contributed by atoms with van der Waals surface area (Å²) in [5, 5.41) is 6.77. The maximum Gasteiger partial charge on any atom is 0.213 e. The molecule has 0 aromatic rings. The number of guanidine groups is 1. The molecule has 7 nitrogen and oxygen atoms in total. The lowest BCUT2D eigenvalue weighted by Crippen LogP contribution is -2.50. The van der Waals surface area contributed by atoms with E-state index in [1.807, 2.05) is 0 Å². The monoisotopic (exact) mass is 531 g/mol. The summed E-state index contributed by atoms with van der Waals surface area (Å²) in [6, 6.07) is 0.502. The summed E-state index contributed by atoms with van der Waals surface area (Å²) >= 11 is 0. The molecule has 1 fully saturated rings. The molecule has 1 unspecified atom stereocenters. The van der Waals surface area contributed by atoms with E-state index in [-0.39, 0.29) is 29.7 Å². The maximum absolute atomic E-state index is 11.8. The molecular weight excluding hydrogens is 489 g/mol. The van der Waals surface area contributed by atoms with Gasteiger partial charge in [-0.2, -0.15) is 0 Å². The van der Waals surface area contributed by atoms with Gasteiger partial charge in [0.15, 0.2) is 5.96 Å². The van der Waals surface area contributed by atoms with Gasteiger partial charge in [0.05, 0.1) is 5.75 Å². The smallest absolute Gasteiger partial charge is 0.213 e. The molecule has 9 heteroatoms. The van der Waals surface area contributed by atoms with Gasteiger partial charge in [0.2, 0.25) is 10.0 Å². The van der Waals surface area contributed by atoms with Gasteiger partial charge in [-0.1, -0.05) is 26.7 Å². The molecule has 1 atom stereocenters. The van der Waals surface area contributed by atoms with Gasteiger partial charge in [-0.15, -0.1) is 24.0 Å². The zero-order chi connectivity index (χ0) is 20.3. The van der Waals surface area contributed by atoms with E-state index in [0.29, 0.717) is 25.0 Å². The highest BCUT2D eigenvalue weighted by Crippen LogP contribution is 2.17. The average molecular weight is 532 g/mol. The molecule has 1 rings (SSSR count). The molecule has 168 valence electrons. The normalized spacial score (nSPS) is 17.9. The van der Waals surface area contributed by atoms with Gasteiger partial charge in [0.25, 0.3) is 0 Å². The van der Waals surface area contributed by atoms with Crippen LogP contribution in [0.4, 0.5) is 0 Å². The minimum atomic E-state index is -3.10. The third kappa shape index (κ3) is 10.1. The van der Waals surface area contributed by atoms with Crippen molar-refractivity contribution in [2.75, 3.05) is 52.6 Å². The van der Waals surface area contributed by atoms with Crippen molar-refractivity contribution in [2.45, 2.75) is 58.9 Å². The number of hydrogen-bond donors (Lipinski definition) is 2. The maximum atomic E-state index is 11.8. The molecule has 0 radical (unpaired) electrons. The van der Waals surface area contributed by atoms with E-state index >= 15 is 0 Å². The van der Waals surface area contributed by atoms with Gasteiger partial charge in [-0.25, -0.2) is 12.7 Å². The van der Waals surface area contributed by atoms with Crippen LogP contribution in [0.25, 0.3) is 0 Å². The third-order valence-electron chi connectivity index (χ3n) is 5.36. The molecule has 0 spiro atoms. The van der Waals surface area contributed by atoms with Crippen LogP contribution in [-0.4, -0.2) is 82.2 Å². The number of hydrogen-bond acceptors (Lipinski definition) is 4. The summed E-state index contributed by atoms with van der Waals surface area (Å²) < 4.78 is 25.0. The molecule has 1 aliphatic heterocycles. The highest BCUT2D eigenvalue weighted by atomic mass is 127. The van der Waals surface area contributed by atoms with Crippen LogP contribution < -0.4 is 10.6 Å². The molecule has 0 aromatic heterocycles. The second-order valence-corrected chi connectivity index (χ2v) is 10.1. The first-order valence-electron chi connectivity index (χ1n) is 10.4. The molecule has 2 N–H and O–H groups in total. The fourth-order valence-corrected chi connectivity index (χ4v) is 4.35. The molecule has 1 saturated heterocycles. The first-order chi connectivity index (χ1) is 12.8. The minimum Gasteiger partial charge on any atom is -0.356 e. The largest absolute Gasteiger partial charge is 0.356 e. The molecule has 1 heterocycles. The fourth-order valence-electron chi connectivity index (χ4n) is 3.50. The van der Waals surface area contributed by atoms with E-state index in [9.17, 15) is 8.42 Å². The molecule has 0 bridgehead atoms. The number of likely N-dealkylation sites (tertiary alicyclic amines) is 1. The fraction of sp³-hybridized carbons (Fsp3) is 0.947. The predicted molar refractivity (Wildman–Crippen MR) is 130 cm³/mol. The Morgan fingerprint density at radius 1 is 1.14 bits per heavy atom. The van der Waals surface area contributed by atoms with Crippen molar-refractivity contribution in [1.29, 1.82) is 0 Å². The van der Waals surface area contributed by atoms with Crippen LogP contribution in [-0.2, 0) is 10.0 Å². The minimum absolute atomic E-state index is 0. The first kappa shape index (κ1) is 27.9. The predicted octanol–water partition coefficient (Wildman–Crippen LogP) is 2.34. The number of sulfonamides is 1. The molecular formula is C19H42IN5O2S. The summed E-state index contributed by atoms with van der Waals surface area (Å²) in [5.74, 6) is 1.52. The highest BCUT2D eigenvalue weighted by Gasteiger charge is 2.23. The molecule has 0 aromatic carbocycles.